The van der Waals surface area contributed by atoms with Gasteiger partial charge in [-0.25, -0.2) is 0 Å². The quantitative estimate of drug-likeness (QED) is 0.536. The van der Waals surface area contributed by atoms with Gasteiger partial charge < -0.3 is 4.90 Å². The zero-order valence-corrected chi connectivity index (χ0v) is 16.5. The van der Waals surface area contributed by atoms with Gasteiger partial charge in [-0.15, -0.1) is 5.10 Å². The van der Waals surface area contributed by atoms with E-state index in [1.54, 1.807) is 6.20 Å². The number of nitrogens with zero attached hydrogens (tertiary/aromatic N) is 6. The molecule has 0 saturated heterocycles. The zero-order chi connectivity index (χ0) is 20.7. The Morgan fingerprint density at radius 1 is 1.23 bits per heavy atom. The van der Waals surface area contributed by atoms with Gasteiger partial charge in [0.2, 0.25) is 0 Å². The van der Waals surface area contributed by atoms with Crippen molar-refractivity contribution in [1.29, 1.82) is 5.26 Å². The lowest BCUT2D eigenvalue weighted by Crippen LogP contribution is -2.29. The van der Waals surface area contributed by atoms with Gasteiger partial charge in [-0.05, 0) is 29.3 Å². The maximum absolute atomic E-state index is 13.2. The molecule has 5 rings (SSSR count). The lowest BCUT2D eigenvalue weighted by molar-refractivity contribution is 0.0708. The van der Waals surface area contributed by atoms with E-state index >= 15 is 0 Å². The van der Waals surface area contributed by atoms with Gasteiger partial charge in [0, 0.05) is 24.7 Å². The maximum Gasteiger partial charge on any atom is 0.255 e. The molecule has 0 spiro atoms. The summed E-state index contributed by atoms with van der Waals surface area (Å²) < 4.78 is 1.52. The second-order valence-corrected chi connectivity index (χ2v) is 7.59. The molecular weight excluding hydrogens is 402 g/mol. The Bertz CT molecular complexity index is 1300. The Morgan fingerprint density at radius 2 is 2.10 bits per heavy atom. The molecule has 1 unspecified atom stereocenters. The first-order chi connectivity index (χ1) is 14.6. The Morgan fingerprint density at radius 3 is 2.97 bits per heavy atom. The Kier molecular flexibility index (Phi) is 4.45. The summed E-state index contributed by atoms with van der Waals surface area (Å²) in [5.41, 5.74) is 4.88. The summed E-state index contributed by atoms with van der Waals surface area (Å²) in [7, 11) is 0. The fourth-order valence-electron chi connectivity index (χ4n) is 3.94. The number of benzene rings is 2. The molecule has 0 radical (unpaired) electrons. The standard InChI is InChI=1S/C21H16ClN7O/c22-16-12-28(8-7-23)26-18(16)10-20-14-3-1-2-4-15(14)21(30)29(20)11-13-5-6-17-19(9-13)25-27-24-17/h1-6,9,12,20H,8,10-11H2,(H,24,25,27). The van der Waals surface area contributed by atoms with Crippen LogP contribution < -0.4 is 0 Å². The number of aromatic nitrogens is 5. The van der Waals surface area contributed by atoms with Crippen LogP contribution in [0.25, 0.3) is 11.0 Å². The lowest BCUT2D eigenvalue weighted by atomic mass is 10.0. The van der Waals surface area contributed by atoms with Crippen molar-refractivity contribution >= 4 is 28.5 Å². The van der Waals surface area contributed by atoms with Gasteiger partial charge in [-0.2, -0.15) is 10.4 Å². The predicted molar refractivity (Wildman–Crippen MR) is 109 cm³/mol. The number of amides is 1. The SMILES string of the molecule is N#CCn1cc(Cl)c(CC2c3ccccc3C(=O)N2Cc2ccc3[nH]nnc3c2)n1. The first kappa shape index (κ1) is 18.3. The highest BCUT2D eigenvalue weighted by atomic mass is 35.5. The fraction of sp³-hybridized carbons (Fsp3) is 0.190. The average Bonchev–Trinajstić information content (AvgIpc) is 3.42. The molecule has 0 fully saturated rings. The fourth-order valence-corrected chi connectivity index (χ4v) is 4.17. The van der Waals surface area contributed by atoms with Gasteiger partial charge in [-0.3, -0.25) is 14.6 Å². The second kappa shape index (κ2) is 7.28. The van der Waals surface area contributed by atoms with Crippen LogP contribution in [0.3, 0.4) is 0 Å². The normalized spacial score (nSPS) is 15.5. The molecule has 0 saturated carbocycles. The minimum absolute atomic E-state index is 0.0246. The number of hydrogen-bond acceptors (Lipinski definition) is 5. The van der Waals surface area contributed by atoms with Gasteiger partial charge in [0.05, 0.1) is 28.3 Å². The van der Waals surface area contributed by atoms with Gasteiger partial charge >= 0.3 is 0 Å². The lowest BCUT2D eigenvalue weighted by Gasteiger charge is -2.25. The average molecular weight is 418 g/mol. The van der Waals surface area contributed by atoms with E-state index < -0.39 is 0 Å². The van der Waals surface area contributed by atoms with Crippen LogP contribution in [0.5, 0.6) is 0 Å². The second-order valence-electron chi connectivity index (χ2n) is 7.18. The Hall–Kier alpha value is -3.70. The summed E-state index contributed by atoms with van der Waals surface area (Å²) in [6, 6.07) is 15.3. The van der Waals surface area contributed by atoms with Crippen LogP contribution in [0.1, 0.15) is 33.2 Å². The smallest absolute Gasteiger partial charge is 0.255 e. The maximum atomic E-state index is 13.2. The molecule has 0 aliphatic carbocycles. The van der Waals surface area contributed by atoms with Crippen molar-refractivity contribution in [1.82, 2.24) is 30.1 Å². The molecule has 1 aliphatic heterocycles. The molecule has 30 heavy (non-hydrogen) atoms. The third-order valence-corrected chi connectivity index (χ3v) is 5.65. The number of carbonyl (C=O) groups is 1. The van der Waals surface area contributed by atoms with Crippen molar-refractivity contribution in [2.24, 2.45) is 0 Å². The van der Waals surface area contributed by atoms with Crippen molar-refractivity contribution in [3.05, 3.63) is 76.1 Å². The third-order valence-electron chi connectivity index (χ3n) is 5.34. The molecule has 1 N–H and O–H groups in total. The van der Waals surface area contributed by atoms with E-state index in [2.05, 4.69) is 26.6 Å². The topological polar surface area (TPSA) is 103 Å². The van der Waals surface area contributed by atoms with E-state index in [0.717, 1.165) is 22.2 Å². The van der Waals surface area contributed by atoms with Gasteiger partial charge in [-0.1, -0.05) is 41.1 Å². The minimum atomic E-state index is -0.204. The van der Waals surface area contributed by atoms with Crippen LogP contribution >= 0.6 is 11.6 Å². The zero-order valence-electron chi connectivity index (χ0n) is 15.8. The van der Waals surface area contributed by atoms with Gasteiger partial charge in [0.1, 0.15) is 12.1 Å². The number of halogens is 1. The van der Waals surface area contributed by atoms with Crippen LogP contribution in [-0.2, 0) is 19.5 Å². The molecule has 3 heterocycles. The van der Waals surface area contributed by atoms with Crippen LogP contribution in [0.15, 0.2) is 48.7 Å². The summed E-state index contributed by atoms with van der Waals surface area (Å²) >= 11 is 6.37. The van der Waals surface area contributed by atoms with E-state index in [1.807, 2.05) is 47.4 Å². The number of rotatable bonds is 5. The number of nitriles is 1. The van der Waals surface area contributed by atoms with Crippen LogP contribution in [0.2, 0.25) is 5.02 Å². The van der Waals surface area contributed by atoms with E-state index in [1.165, 1.54) is 4.68 Å². The Labute approximate surface area is 176 Å². The van der Waals surface area contributed by atoms with Crippen LogP contribution in [0, 0.1) is 11.3 Å². The molecule has 8 nitrogen and oxygen atoms in total. The predicted octanol–water partition coefficient (Wildman–Crippen LogP) is 3.27. The van der Waals surface area contributed by atoms with E-state index in [9.17, 15) is 4.79 Å². The molecule has 0 bridgehead atoms. The first-order valence-corrected chi connectivity index (χ1v) is 9.80. The van der Waals surface area contributed by atoms with Gasteiger partial charge in [0.15, 0.2) is 0 Å². The highest BCUT2D eigenvalue weighted by Gasteiger charge is 2.37. The molecule has 9 heteroatoms. The molecule has 1 atom stereocenters. The van der Waals surface area contributed by atoms with Crippen molar-refractivity contribution in [3.8, 4) is 6.07 Å². The summed E-state index contributed by atoms with van der Waals surface area (Å²) in [5.74, 6) is -0.0246. The Balaban J connectivity index is 1.50. The summed E-state index contributed by atoms with van der Waals surface area (Å²) in [6.45, 7) is 0.554. The largest absolute Gasteiger partial charge is 0.327 e. The molecule has 4 aromatic rings. The molecule has 2 aromatic heterocycles. The molecule has 1 amide bonds. The van der Waals surface area contributed by atoms with Crippen molar-refractivity contribution in [2.45, 2.75) is 25.6 Å². The molecule has 1 aliphatic rings. The highest BCUT2D eigenvalue weighted by Crippen LogP contribution is 2.38. The summed E-state index contributed by atoms with van der Waals surface area (Å²) in [4.78, 5) is 15.0. The number of aromatic amines is 1. The molecular formula is C21H16ClN7O. The van der Waals surface area contributed by atoms with Crippen LogP contribution in [0.4, 0.5) is 0 Å². The van der Waals surface area contributed by atoms with Crippen LogP contribution in [-0.4, -0.2) is 36.0 Å². The minimum Gasteiger partial charge on any atom is -0.327 e. The van der Waals surface area contributed by atoms with E-state index in [-0.39, 0.29) is 18.5 Å². The van der Waals surface area contributed by atoms with Crippen molar-refractivity contribution in [3.63, 3.8) is 0 Å². The van der Waals surface area contributed by atoms with E-state index in [4.69, 9.17) is 16.9 Å². The molecule has 148 valence electrons. The number of carbonyl (C=O) groups excluding carboxylic acids is 1. The monoisotopic (exact) mass is 417 g/mol. The highest BCUT2D eigenvalue weighted by molar-refractivity contribution is 6.31. The van der Waals surface area contributed by atoms with Crippen molar-refractivity contribution in [2.75, 3.05) is 0 Å². The molecule has 2 aromatic carbocycles. The summed E-state index contributed by atoms with van der Waals surface area (Å²) in [6.07, 6.45) is 2.11. The van der Waals surface area contributed by atoms with Gasteiger partial charge in [0.25, 0.3) is 5.91 Å². The number of nitrogens with one attached hydrogen (secondary N) is 1. The van der Waals surface area contributed by atoms with E-state index in [0.29, 0.717) is 29.2 Å². The number of H-pyrrole nitrogens is 1. The first-order valence-electron chi connectivity index (χ1n) is 9.42. The van der Waals surface area contributed by atoms with Crippen molar-refractivity contribution < 1.29 is 4.79 Å². The third kappa shape index (κ3) is 3.09. The summed E-state index contributed by atoms with van der Waals surface area (Å²) in [5, 5.41) is 24.6. The number of fused-ring (bicyclic) bond motifs is 2. The number of hydrogen-bond donors (Lipinski definition) is 1.